The van der Waals surface area contributed by atoms with Gasteiger partial charge in [-0.1, -0.05) is 44.9 Å². The van der Waals surface area contributed by atoms with Crippen molar-refractivity contribution in [1.29, 1.82) is 0 Å². The number of allylic oxidation sites excluding steroid dienone is 4. The maximum Gasteiger partial charge on any atom is 0.205 e. The van der Waals surface area contributed by atoms with Gasteiger partial charge in [-0.2, -0.15) is 0 Å². The molecule has 6 nitrogen and oxygen atoms in total. The molecule has 6 unspecified atom stereocenters. The Hall–Kier alpha value is -2.28. The highest BCUT2D eigenvalue weighted by Crippen LogP contribution is 2.69. The lowest BCUT2D eigenvalue weighted by Gasteiger charge is -2.59. The van der Waals surface area contributed by atoms with E-state index in [1.807, 2.05) is 12.1 Å². The lowest BCUT2D eigenvalue weighted by molar-refractivity contribution is -0.200. The van der Waals surface area contributed by atoms with Crippen LogP contribution >= 0.6 is 0 Å². The third kappa shape index (κ3) is 4.00. The quantitative estimate of drug-likeness (QED) is 0.482. The molecule has 1 N–H and O–H groups in total. The molecule has 1 aromatic carbocycles. The van der Waals surface area contributed by atoms with Crippen LogP contribution in [-0.4, -0.2) is 47.4 Å². The molecule has 1 saturated heterocycles. The summed E-state index contributed by atoms with van der Waals surface area (Å²) in [6.07, 6.45) is 13.2. The Labute approximate surface area is 243 Å². The molecule has 1 aromatic rings. The number of aryl methyl sites for hydroxylation is 2. The maximum absolute atomic E-state index is 14.4. The minimum absolute atomic E-state index is 0.00547. The predicted octanol–water partition coefficient (Wildman–Crippen LogP) is 5.68. The number of Topliss-reactive ketones (excluding diaryl/α,β-unsaturated/α-hetero) is 1. The van der Waals surface area contributed by atoms with E-state index >= 15 is 0 Å². The molecule has 1 heterocycles. The largest absolute Gasteiger partial charge is 0.486 e. The third-order valence-electron chi connectivity index (χ3n) is 11.9. The lowest BCUT2D eigenvalue weighted by atomic mass is 9.46. The Bertz CT molecular complexity index is 1310. The number of hydrogen-bond donors (Lipinski definition) is 1. The van der Waals surface area contributed by atoms with Crippen LogP contribution in [0.1, 0.15) is 83.3 Å². The number of aliphatic hydroxyl groups excluding tert-OH is 1. The Kier molecular flexibility index (Phi) is 6.64. The van der Waals surface area contributed by atoms with E-state index in [9.17, 15) is 14.7 Å². The fourth-order valence-corrected chi connectivity index (χ4v) is 10.1. The van der Waals surface area contributed by atoms with E-state index < -0.39 is 23.4 Å². The van der Waals surface area contributed by atoms with Gasteiger partial charge in [0.25, 0.3) is 0 Å². The van der Waals surface area contributed by atoms with Crippen molar-refractivity contribution in [2.45, 2.75) is 109 Å². The molecule has 6 heteroatoms. The molecule has 7 rings (SSSR count). The van der Waals surface area contributed by atoms with Gasteiger partial charge in [-0.25, -0.2) is 0 Å². The van der Waals surface area contributed by atoms with E-state index in [1.54, 1.807) is 12.2 Å². The number of ketones is 2. The Morgan fingerprint density at radius 3 is 2.76 bits per heavy atom. The molecule has 4 fully saturated rings. The van der Waals surface area contributed by atoms with Gasteiger partial charge < -0.3 is 19.3 Å². The first-order valence-electron chi connectivity index (χ1n) is 15.9. The first-order valence-corrected chi connectivity index (χ1v) is 15.9. The van der Waals surface area contributed by atoms with Gasteiger partial charge in [-0.15, -0.1) is 0 Å². The zero-order valence-electron chi connectivity index (χ0n) is 24.7. The molecule has 0 amide bonds. The van der Waals surface area contributed by atoms with Crippen LogP contribution in [-0.2, 0) is 31.9 Å². The van der Waals surface area contributed by atoms with E-state index in [1.165, 1.54) is 24.0 Å². The predicted molar refractivity (Wildman–Crippen MR) is 154 cm³/mol. The number of carbonyl (C=O) groups is 2. The number of rotatable bonds is 6. The molecular formula is C35H44O6. The topological polar surface area (TPSA) is 82.1 Å². The van der Waals surface area contributed by atoms with E-state index in [2.05, 4.69) is 32.9 Å². The molecular weight excluding hydrogens is 516 g/mol. The van der Waals surface area contributed by atoms with Crippen molar-refractivity contribution < 1.29 is 28.9 Å². The van der Waals surface area contributed by atoms with Crippen LogP contribution in [0, 0.1) is 28.6 Å². The first kappa shape index (κ1) is 27.5. The summed E-state index contributed by atoms with van der Waals surface area (Å²) < 4.78 is 19.5. The SMILES string of the molecule is CCCC1O[C@@H]2CC3C4CCC5=CC(=O)C=CC5(C)C4[C@@H](O)CC3(C)[C@]2(C(=O)COc2ccc3c(c2)CCCC3)O1. The highest BCUT2D eigenvalue weighted by Gasteiger charge is 2.75. The van der Waals surface area contributed by atoms with E-state index in [-0.39, 0.29) is 47.4 Å². The third-order valence-corrected chi connectivity index (χ3v) is 11.9. The average Bonchev–Trinajstić information content (AvgIpc) is 3.44. The molecule has 0 bridgehead atoms. The number of fused-ring (bicyclic) bond motifs is 8. The Morgan fingerprint density at radius 1 is 1.15 bits per heavy atom. The van der Waals surface area contributed by atoms with Crippen molar-refractivity contribution in [2.75, 3.05) is 6.61 Å². The summed E-state index contributed by atoms with van der Waals surface area (Å²) in [6, 6.07) is 6.24. The van der Waals surface area contributed by atoms with Gasteiger partial charge in [0.05, 0.1) is 12.2 Å². The van der Waals surface area contributed by atoms with Gasteiger partial charge in [-0.05, 0) is 105 Å². The van der Waals surface area contributed by atoms with Crippen molar-refractivity contribution >= 4 is 11.6 Å². The highest BCUT2D eigenvalue weighted by molar-refractivity contribution is 6.01. The second kappa shape index (κ2) is 9.89. The Balaban J connectivity index is 1.20. The highest BCUT2D eigenvalue weighted by atomic mass is 16.7. The van der Waals surface area contributed by atoms with Gasteiger partial charge in [0.2, 0.25) is 5.78 Å². The fourth-order valence-electron chi connectivity index (χ4n) is 10.1. The van der Waals surface area contributed by atoms with Crippen LogP contribution in [0.3, 0.4) is 0 Å². The summed E-state index contributed by atoms with van der Waals surface area (Å²) in [5, 5.41) is 11.9. The summed E-state index contributed by atoms with van der Waals surface area (Å²) >= 11 is 0. The zero-order valence-corrected chi connectivity index (χ0v) is 24.7. The molecule has 0 spiro atoms. The van der Waals surface area contributed by atoms with Gasteiger partial charge in [-0.3, -0.25) is 9.59 Å². The van der Waals surface area contributed by atoms with Crippen molar-refractivity contribution in [3.05, 3.63) is 53.1 Å². The summed E-state index contributed by atoms with van der Waals surface area (Å²) in [7, 11) is 0. The first-order chi connectivity index (χ1) is 19.7. The molecule has 220 valence electrons. The van der Waals surface area contributed by atoms with Crippen molar-refractivity contribution in [1.82, 2.24) is 0 Å². The molecule has 41 heavy (non-hydrogen) atoms. The molecule has 0 radical (unpaired) electrons. The summed E-state index contributed by atoms with van der Waals surface area (Å²) in [5.74, 6) is 1.07. The van der Waals surface area contributed by atoms with Crippen LogP contribution in [0.25, 0.3) is 0 Å². The minimum atomic E-state index is -1.15. The van der Waals surface area contributed by atoms with E-state index in [0.29, 0.717) is 6.42 Å². The number of hydrogen-bond acceptors (Lipinski definition) is 6. The van der Waals surface area contributed by atoms with E-state index in [4.69, 9.17) is 14.2 Å². The molecule has 9 atom stereocenters. The van der Waals surface area contributed by atoms with Crippen LogP contribution < -0.4 is 4.74 Å². The van der Waals surface area contributed by atoms with Crippen molar-refractivity contribution in [2.24, 2.45) is 28.6 Å². The van der Waals surface area contributed by atoms with Gasteiger partial charge in [0.15, 0.2) is 17.7 Å². The number of carbonyl (C=O) groups excluding carboxylic acids is 2. The molecule has 0 aromatic heterocycles. The van der Waals surface area contributed by atoms with Crippen molar-refractivity contribution in [3.63, 3.8) is 0 Å². The second-order valence-corrected chi connectivity index (χ2v) is 14.0. The maximum atomic E-state index is 14.4. The van der Waals surface area contributed by atoms with Gasteiger partial charge >= 0.3 is 0 Å². The summed E-state index contributed by atoms with van der Waals surface area (Å²) in [5.41, 5.74) is 1.76. The smallest absolute Gasteiger partial charge is 0.205 e. The average molecular weight is 561 g/mol. The Morgan fingerprint density at radius 2 is 1.95 bits per heavy atom. The van der Waals surface area contributed by atoms with Crippen molar-refractivity contribution in [3.8, 4) is 5.75 Å². The number of aliphatic hydroxyl groups is 1. The molecule has 6 aliphatic rings. The molecule has 3 saturated carbocycles. The van der Waals surface area contributed by atoms with Gasteiger partial charge in [0.1, 0.15) is 12.4 Å². The summed E-state index contributed by atoms with van der Waals surface area (Å²) in [4.78, 5) is 26.6. The van der Waals surface area contributed by atoms with Crippen LogP contribution in [0.2, 0.25) is 0 Å². The normalized spacial score (nSPS) is 42.4. The molecule has 1 aliphatic heterocycles. The monoisotopic (exact) mass is 560 g/mol. The fraction of sp³-hybridized carbons (Fsp3) is 0.657. The zero-order chi connectivity index (χ0) is 28.6. The summed E-state index contributed by atoms with van der Waals surface area (Å²) in [6.45, 7) is 6.38. The lowest BCUT2D eigenvalue weighted by Crippen LogP contribution is -2.63. The van der Waals surface area contributed by atoms with Crippen LogP contribution in [0.5, 0.6) is 5.75 Å². The standard InChI is InChI=1S/C35H44O6/c1-4-7-31-40-30-18-27-26-13-11-23-17-24(36)14-15-33(23,2)32(26)28(37)19-34(27,3)35(30,41-31)29(38)20-39-25-12-10-21-8-5-6-9-22(21)16-25/h10,12,14-17,26-28,30-32,37H,4-9,11,13,18-20H2,1-3H3/t26?,27?,28-,30+,31?,32?,33?,34?,35+/m0/s1. The number of ether oxygens (including phenoxy) is 3. The van der Waals surface area contributed by atoms with Gasteiger partial charge in [0, 0.05) is 16.7 Å². The number of benzene rings is 1. The second-order valence-electron chi connectivity index (χ2n) is 14.0. The minimum Gasteiger partial charge on any atom is -0.486 e. The van der Waals surface area contributed by atoms with Crippen LogP contribution in [0.4, 0.5) is 0 Å². The van der Waals surface area contributed by atoms with E-state index in [0.717, 1.165) is 56.3 Å². The molecule has 5 aliphatic carbocycles. The van der Waals surface area contributed by atoms with Crippen LogP contribution in [0.15, 0.2) is 42.0 Å².